The minimum atomic E-state index is -0.218. The molecule has 0 spiro atoms. The number of hydrogen-bond acceptors (Lipinski definition) is 1. The zero-order valence-electron chi connectivity index (χ0n) is 10.9. The lowest BCUT2D eigenvalue weighted by atomic mass is 10.0. The van der Waals surface area contributed by atoms with Crippen LogP contribution in [0.2, 0.25) is 0 Å². The molecule has 1 heterocycles. The summed E-state index contributed by atoms with van der Waals surface area (Å²) in [7, 11) is 0. The van der Waals surface area contributed by atoms with E-state index in [9.17, 15) is 4.39 Å². The molecule has 0 aliphatic carbocycles. The minimum absolute atomic E-state index is 0.218. The van der Waals surface area contributed by atoms with Gasteiger partial charge in [-0.3, -0.25) is 4.98 Å². The number of halogens is 1. The van der Waals surface area contributed by atoms with Gasteiger partial charge in [0, 0.05) is 17.1 Å². The van der Waals surface area contributed by atoms with Crippen molar-refractivity contribution in [3.63, 3.8) is 0 Å². The third kappa shape index (κ3) is 2.34. The standard InChI is InChI=1S/C17H14FN/c1-11-5-12(2)7-15(6-11)17-9-14-8-16(18)4-3-13(14)10-19-17/h3-10H,1-2H3. The number of pyridine rings is 1. The maximum Gasteiger partial charge on any atom is 0.123 e. The van der Waals surface area contributed by atoms with Gasteiger partial charge >= 0.3 is 0 Å². The number of nitrogens with zero attached hydrogens (tertiary/aromatic N) is 1. The summed E-state index contributed by atoms with van der Waals surface area (Å²) in [6.07, 6.45) is 1.79. The Hall–Kier alpha value is -2.22. The number of rotatable bonds is 1. The molecule has 3 aromatic rings. The zero-order valence-corrected chi connectivity index (χ0v) is 10.9. The molecule has 19 heavy (non-hydrogen) atoms. The van der Waals surface area contributed by atoms with Crippen molar-refractivity contribution in [2.75, 3.05) is 0 Å². The number of aryl methyl sites for hydroxylation is 2. The summed E-state index contributed by atoms with van der Waals surface area (Å²) in [4.78, 5) is 4.47. The van der Waals surface area contributed by atoms with Crippen LogP contribution in [0.4, 0.5) is 4.39 Å². The zero-order chi connectivity index (χ0) is 13.4. The van der Waals surface area contributed by atoms with E-state index in [1.54, 1.807) is 18.3 Å². The van der Waals surface area contributed by atoms with Crippen LogP contribution in [0.3, 0.4) is 0 Å². The maximum atomic E-state index is 13.3. The lowest BCUT2D eigenvalue weighted by Gasteiger charge is -2.06. The Morgan fingerprint density at radius 3 is 2.32 bits per heavy atom. The van der Waals surface area contributed by atoms with E-state index in [0.717, 1.165) is 22.0 Å². The molecule has 0 bridgehead atoms. The van der Waals surface area contributed by atoms with E-state index in [1.807, 2.05) is 6.07 Å². The van der Waals surface area contributed by atoms with Crippen molar-refractivity contribution in [2.45, 2.75) is 13.8 Å². The van der Waals surface area contributed by atoms with Crippen molar-refractivity contribution in [1.82, 2.24) is 4.98 Å². The Kier molecular flexibility index (Phi) is 2.79. The van der Waals surface area contributed by atoms with Gasteiger partial charge in [0.2, 0.25) is 0 Å². The summed E-state index contributed by atoms with van der Waals surface area (Å²) < 4.78 is 13.3. The first-order valence-corrected chi connectivity index (χ1v) is 6.26. The van der Waals surface area contributed by atoms with Crippen molar-refractivity contribution >= 4 is 10.8 Å². The third-order valence-corrected chi connectivity index (χ3v) is 3.20. The van der Waals surface area contributed by atoms with E-state index in [0.29, 0.717) is 0 Å². The summed E-state index contributed by atoms with van der Waals surface area (Å²) in [6, 6.07) is 13.0. The van der Waals surface area contributed by atoms with Gasteiger partial charge in [-0.1, -0.05) is 17.2 Å². The summed E-state index contributed by atoms with van der Waals surface area (Å²) >= 11 is 0. The molecule has 94 valence electrons. The Balaban J connectivity index is 2.19. The molecule has 3 rings (SSSR count). The van der Waals surface area contributed by atoms with Gasteiger partial charge in [-0.2, -0.15) is 0 Å². The lowest BCUT2D eigenvalue weighted by Crippen LogP contribution is -1.87. The fourth-order valence-corrected chi connectivity index (χ4v) is 2.39. The predicted octanol–water partition coefficient (Wildman–Crippen LogP) is 4.66. The van der Waals surface area contributed by atoms with Crippen molar-refractivity contribution in [1.29, 1.82) is 0 Å². The van der Waals surface area contributed by atoms with Crippen LogP contribution in [0.25, 0.3) is 22.0 Å². The summed E-state index contributed by atoms with van der Waals surface area (Å²) in [6.45, 7) is 4.13. The van der Waals surface area contributed by atoms with Gasteiger partial charge in [-0.25, -0.2) is 4.39 Å². The molecule has 0 amide bonds. The molecule has 2 heteroatoms. The quantitative estimate of drug-likeness (QED) is 0.613. The molecule has 0 unspecified atom stereocenters. The summed E-state index contributed by atoms with van der Waals surface area (Å²) in [5, 5.41) is 1.83. The molecule has 0 N–H and O–H groups in total. The first kappa shape index (κ1) is 11.8. The van der Waals surface area contributed by atoms with Crippen molar-refractivity contribution < 1.29 is 4.39 Å². The van der Waals surface area contributed by atoms with Crippen LogP contribution in [-0.2, 0) is 0 Å². The Labute approximate surface area is 111 Å². The lowest BCUT2D eigenvalue weighted by molar-refractivity contribution is 0.629. The van der Waals surface area contributed by atoms with E-state index >= 15 is 0 Å². The molecular formula is C17H14FN. The molecular weight excluding hydrogens is 237 g/mol. The molecule has 0 fully saturated rings. The van der Waals surface area contributed by atoms with Crippen LogP contribution in [0.15, 0.2) is 48.7 Å². The SMILES string of the molecule is Cc1cc(C)cc(-c2cc3cc(F)ccc3cn2)c1. The number of aromatic nitrogens is 1. The van der Waals surface area contributed by atoms with Crippen LogP contribution in [0, 0.1) is 19.7 Å². The van der Waals surface area contributed by atoms with Crippen LogP contribution in [0.1, 0.15) is 11.1 Å². The van der Waals surface area contributed by atoms with Crippen molar-refractivity contribution in [2.24, 2.45) is 0 Å². The second-order valence-corrected chi connectivity index (χ2v) is 4.94. The molecule has 0 atom stereocenters. The van der Waals surface area contributed by atoms with E-state index < -0.39 is 0 Å². The monoisotopic (exact) mass is 251 g/mol. The average Bonchev–Trinajstić information content (AvgIpc) is 2.36. The van der Waals surface area contributed by atoms with Gasteiger partial charge in [0.25, 0.3) is 0 Å². The van der Waals surface area contributed by atoms with Crippen LogP contribution < -0.4 is 0 Å². The Bertz CT molecular complexity index is 742. The van der Waals surface area contributed by atoms with Gasteiger partial charge in [0.05, 0.1) is 5.69 Å². The van der Waals surface area contributed by atoms with Gasteiger partial charge in [0.15, 0.2) is 0 Å². The Morgan fingerprint density at radius 2 is 1.58 bits per heavy atom. The van der Waals surface area contributed by atoms with Gasteiger partial charge in [-0.05, 0) is 55.6 Å². The highest BCUT2D eigenvalue weighted by Gasteiger charge is 2.03. The summed E-state index contributed by atoms with van der Waals surface area (Å²) in [5.41, 5.74) is 4.36. The average molecular weight is 251 g/mol. The fourth-order valence-electron chi connectivity index (χ4n) is 2.39. The summed E-state index contributed by atoms with van der Waals surface area (Å²) in [5.74, 6) is -0.218. The number of hydrogen-bond donors (Lipinski definition) is 0. The molecule has 0 aliphatic rings. The van der Waals surface area contributed by atoms with Crippen LogP contribution in [0.5, 0.6) is 0 Å². The van der Waals surface area contributed by atoms with Crippen molar-refractivity contribution in [3.05, 3.63) is 65.6 Å². The first-order chi connectivity index (χ1) is 9.11. The third-order valence-electron chi connectivity index (χ3n) is 3.20. The highest BCUT2D eigenvalue weighted by atomic mass is 19.1. The van der Waals surface area contributed by atoms with E-state index in [1.165, 1.54) is 17.2 Å². The van der Waals surface area contributed by atoms with E-state index in [4.69, 9.17) is 0 Å². The van der Waals surface area contributed by atoms with Crippen LogP contribution in [-0.4, -0.2) is 4.98 Å². The smallest absolute Gasteiger partial charge is 0.123 e. The highest BCUT2D eigenvalue weighted by molar-refractivity contribution is 5.85. The first-order valence-electron chi connectivity index (χ1n) is 6.26. The molecule has 0 aliphatic heterocycles. The van der Waals surface area contributed by atoms with E-state index in [2.05, 4.69) is 37.0 Å². The largest absolute Gasteiger partial charge is 0.256 e. The maximum absolute atomic E-state index is 13.3. The molecule has 1 aromatic heterocycles. The highest BCUT2D eigenvalue weighted by Crippen LogP contribution is 2.24. The van der Waals surface area contributed by atoms with Crippen LogP contribution >= 0.6 is 0 Å². The van der Waals surface area contributed by atoms with Gasteiger partial charge in [-0.15, -0.1) is 0 Å². The molecule has 0 radical (unpaired) electrons. The number of benzene rings is 2. The van der Waals surface area contributed by atoms with Crippen molar-refractivity contribution in [3.8, 4) is 11.3 Å². The Morgan fingerprint density at radius 1 is 0.842 bits per heavy atom. The van der Waals surface area contributed by atoms with E-state index in [-0.39, 0.29) is 5.82 Å². The second kappa shape index (κ2) is 4.47. The number of fused-ring (bicyclic) bond motifs is 1. The molecule has 0 saturated heterocycles. The molecule has 0 saturated carbocycles. The predicted molar refractivity (Wildman–Crippen MR) is 76.6 cm³/mol. The van der Waals surface area contributed by atoms with Gasteiger partial charge in [0.1, 0.15) is 5.82 Å². The van der Waals surface area contributed by atoms with Gasteiger partial charge < -0.3 is 0 Å². The molecule has 2 aromatic carbocycles. The fraction of sp³-hybridized carbons (Fsp3) is 0.118. The minimum Gasteiger partial charge on any atom is -0.256 e. The topological polar surface area (TPSA) is 12.9 Å². The molecule has 1 nitrogen and oxygen atoms in total. The normalized spacial score (nSPS) is 10.9. The second-order valence-electron chi connectivity index (χ2n) is 4.94.